The average molecular weight is 340 g/mol. The Hall–Kier alpha value is -1.94. The van der Waals surface area contributed by atoms with E-state index < -0.39 is 14.6 Å². The summed E-state index contributed by atoms with van der Waals surface area (Å²) in [5.74, 6) is 0.122. The van der Waals surface area contributed by atoms with Gasteiger partial charge in [0.1, 0.15) is 0 Å². The molecule has 3 saturated carbocycles. The highest BCUT2D eigenvalue weighted by Crippen LogP contribution is 2.73. The van der Waals surface area contributed by atoms with E-state index in [1.807, 2.05) is 49.4 Å². The van der Waals surface area contributed by atoms with Gasteiger partial charge in [0.2, 0.25) is 0 Å². The Bertz CT molecular complexity index is 876. The summed E-state index contributed by atoms with van der Waals surface area (Å²) in [6, 6.07) is 16.3. The molecule has 0 N–H and O–H groups in total. The van der Waals surface area contributed by atoms with E-state index >= 15 is 0 Å². The van der Waals surface area contributed by atoms with E-state index in [0.717, 1.165) is 11.1 Å². The van der Waals surface area contributed by atoms with Gasteiger partial charge < -0.3 is 0 Å². The van der Waals surface area contributed by atoms with Crippen molar-refractivity contribution in [2.75, 3.05) is 0 Å². The van der Waals surface area contributed by atoms with Crippen LogP contribution in [0.5, 0.6) is 0 Å². The molecule has 3 aliphatic carbocycles. The molecule has 0 aromatic heterocycles. The quantitative estimate of drug-likeness (QED) is 0.774. The number of benzene rings is 2. The lowest BCUT2D eigenvalue weighted by Gasteiger charge is -2.69. The summed E-state index contributed by atoms with van der Waals surface area (Å²) in [7, 11) is -3.30. The molecule has 2 aromatic rings. The zero-order valence-electron chi connectivity index (χ0n) is 13.7. The van der Waals surface area contributed by atoms with E-state index in [-0.39, 0.29) is 11.2 Å². The first-order valence-corrected chi connectivity index (χ1v) is 9.74. The fourth-order valence-corrected chi connectivity index (χ4v) is 6.88. The topological polar surface area (TPSA) is 51.2 Å². The molecular weight excluding hydrogens is 320 g/mol. The average Bonchev–Trinajstić information content (AvgIpc) is 2.50. The Morgan fingerprint density at radius 1 is 0.958 bits per heavy atom. The third-order valence-electron chi connectivity index (χ3n) is 5.62. The zero-order valence-corrected chi connectivity index (χ0v) is 14.5. The van der Waals surface area contributed by atoms with Gasteiger partial charge in [-0.3, -0.25) is 4.79 Å². The fourth-order valence-electron chi connectivity index (χ4n) is 4.40. The summed E-state index contributed by atoms with van der Waals surface area (Å²) >= 11 is 0. The molecule has 0 saturated heterocycles. The summed E-state index contributed by atoms with van der Waals surface area (Å²) in [6.45, 7) is 1.95. The third-order valence-corrected chi connectivity index (χ3v) is 8.09. The molecule has 4 heteroatoms. The van der Waals surface area contributed by atoms with Crippen LogP contribution in [0, 0.1) is 12.3 Å². The van der Waals surface area contributed by atoms with Crippen molar-refractivity contribution in [1.82, 2.24) is 0 Å². The highest BCUT2D eigenvalue weighted by molar-refractivity contribution is 7.93. The van der Waals surface area contributed by atoms with Crippen molar-refractivity contribution in [3.63, 3.8) is 0 Å². The summed E-state index contributed by atoms with van der Waals surface area (Å²) in [5, 5.41) is 0. The third kappa shape index (κ3) is 2.16. The maximum Gasteiger partial charge on any atom is 0.184 e. The Morgan fingerprint density at radius 2 is 1.54 bits per heavy atom. The van der Waals surface area contributed by atoms with Crippen LogP contribution in [0.3, 0.4) is 0 Å². The number of aryl methyl sites for hydroxylation is 1. The van der Waals surface area contributed by atoms with Gasteiger partial charge >= 0.3 is 0 Å². The predicted molar refractivity (Wildman–Crippen MR) is 92.8 cm³/mol. The molecule has 3 fully saturated rings. The van der Waals surface area contributed by atoms with Crippen LogP contribution in [0.25, 0.3) is 0 Å². The standard InChI is InChI=1S/C20H20O3S/c1-15-7-9-17(10-8-15)24(22,23)20-12-19(13-20,14-20)11-18(21)16-5-3-2-4-6-16/h2-10H,11-14H2,1H3. The number of carbonyl (C=O) groups excluding carboxylic acids is 1. The van der Waals surface area contributed by atoms with Crippen LogP contribution in [-0.4, -0.2) is 18.9 Å². The van der Waals surface area contributed by atoms with Gasteiger partial charge in [-0.25, -0.2) is 8.42 Å². The largest absolute Gasteiger partial charge is 0.294 e. The molecule has 0 unspecified atom stereocenters. The number of sulfone groups is 1. The molecule has 24 heavy (non-hydrogen) atoms. The Labute approximate surface area is 142 Å². The molecule has 0 spiro atoms. The van der Waals surface area contributed by atoms with Crippen LogP contribution in [0.2, 0.25) is 0 Å². The smallest absolute Gasteiger partial charge is 0.184 e. The van der Waals surface area contributed by atoms with Crippen molar-refractivity contribution in [3.8, 4) is 0 Å². The van der Waals surface area contributed by atoms with Crippen LogP contribution < -0.4 is 0 Å². The summed E-state index contributed by atoms with van der Waals surface area (Å²) in [6.07, 6.45) is 2.32. The second-order valence-corrected chi connectivity index (χ2v) is 9.84. The van der Waals surface area contributed by atoms with Crippen LogP contribution in [0.1, 0.15) is 41.6 Å². The first-order chi connectivity index (χ1) is 11.4. The number of hydrogen-bond acceptors (Lipinski definition) is 3. The van der Waals surface area contributed by atoms with Crippen molar-refractivity contribution in [2.24, 2.45) is 5.41 Å². The molecule has 0 heterocycles. The molecular formula is C20H20O3S. The van der Waals surface area contributed by atoms with Crippen molar-refractivity contribution in [2.45, 2.75) is 42.2 Å². The summed E-state index contributed by atoms with van der Waals surface area (Å²) < 4.78 is 25.2. The SMILES string of the molecule is Cc1ccc(S(=O)(=O)C23CC(CC(=O)c4ccccc4)(C2)C3)cc1. The van der Waals surface area contributed by atoms with Gasteiger partial charge in [0, 0.05) is 12.0 Å². The highest BCUT2D eigenvalue weighted by atomic mass is 32.2. The maximum absolute atomic E-state index is 12.9. The molecule has 124 valence electrons. The second kappa shape index (κ2) is 5.03. The van der Waals surface area contributed by atoms with E-state index in [1.54, 1.807) is 12.1 Å². The molecule has 3 aliphatic rings. The van der Waals surface area contributed by atoms with Crippen molar-refractivity contribution in [3.05, 3.63) is 65.7 Å². The van der Waals surface area contributed by atoms with Gasteiger partial charge in [-0.05, 0) is 43.7 Å². The van der Waals surface area contributed by atoms with E-state index in [0.29, 0.717) is 30.6 Å². The lowest BCUT2D eigenvalue weighted by Crippen LogP contribution is -2.70. The van der Waals surface area contributed by atoms with E-state index in [2.05, 4.69) is 0 Å². The Kier molecular flexibility index (Phi) is 3.26. The summed E-state index contributed by atoms with van der Waals surface area (Å²) in [4.78, 5) is 12.8. The van der Waals surface area contributed by atoms with Gasteiger partial charge in [-0.1, -0.05) is 48.0 Å². The number of hydrogen-bond donors (Lipinski definition) is 0. The minimum absolute atomic E-state index is 0.0926. The molecule has 5 rings (SSSR count). The van der Waals surface area contributed by atoms with E-state index in [1.165, 1.54) is 0 Å². The molecule has 2 aromatic carbocycles. The molecule has 0 atom stereocenters. The van der Waals surface area contributed by atoms with Crippen molar-refractivity contribution < 1.29 is 13.2 Å². The molecule has 2 bridgehead atoms. The van der Waals surface area contributed by atoms with Gasteiger partial charge in [0.15, 0.2) is 15.6 Å². The van der Waals surface area contributed by atoms with Crippen LogP contribution in [0.15, 0.2) is 59.5 Å². The van der Waals surface area contributed by atoms with Gasteiger partial charge in [-0.2, -0.15) is 0 Å². The minimum atomic E-state index is -3.30. The number of carbonyl (C=O) groups is 1. The number of rotatable bonds is 5. The lowest BCUT2D eigenvalue weighted by atomic mass is 9.42. The van der Waals surface area contributed by atoms with Gasteiger partial charge in [0.25, 0.3) is 0 Å². The normalized spacial score (nSPS) is 27.9. The van der Waals surface area contributed by atoms with Crippen LogP contribution >= 0.6 is 0 Å². The number of ketones is 1. The predicted octanol–water partition coefficient (Wildman–Crippen LogP) is 3.96. The Morgan fingerprint density at radius 3 is 2.12 bits per heavy atom. The minimum Gasteiger partial charge on any atom is -0.294 e. The lowest BCUT2D eigenvalue weighted by molar-refractivity contribution is -0.0791. The van der Waals surface area contributed by atoms with Crippen LogP contribution in [0.4, 0.5) is 0 Å². The van der Waals surface area contributed by atoms with E-state index in [9.17, 15) is 13.2 Å². The van der Waals surface area contributed by atoms with Crippen molar-refractivity contribution >= 4 is 15.6 Å². The zero-order chi connectivity index (χ0) is 17.0. The van der Waals surface area contributed by atoms with Gasteiger partial charge in [-0.15, -0.1) is 0 Å². The fraction of sp³-hybridized carbons (Fsp3) is 0.350. The summed E-state index contributed by atoms with van der Waals surface area (Å²) in [5.41, 5.74) is 1.68. The number of Topliss-reactive ketones (excluding diaryl/α,β-unsaturated/α-hetero) is 1. The van der Waals surface area contributed by atoms with Crippen LogP contribution in [-0.2, 0) is 9.84 Å². The monoisotopic (exact) mass is 340 g/mol. The molecule has 0 radical (unpaired) electrons. The second-order valence-electron chi connectivity index (χ2n) is 7.50. The highest BCUT2D eigenvalue weighted by Gasteiger charge is 2.74. The maximum atomic E-state index is 12.9. The molecule has 0 amide bonds. The first-order valence-electron chi connectivity index (χ1n) is 8.26. The Balaban J connectivity index is 1.48. The molecule has 0 aliphatic heterocycles. The van der Waals surface area contributed by atoms with E-state index in [4.69, 9.17) is 0 Å². The van der Waals surface area contributed by atoms with Gasteiger partial charge in [0.05, 0.1) is 9.64 Å². The molecule has 3 nitrogen and oxygen atoms in total. The first kappa shape index (κ1) is 15.6. The van der Waals surface area contributed by atoms with Crippen molar-refractivity contribution in [1.29, 1.82) is 0 Å².